The lowest BCUT2D eigenvalue weighted by molar-refractivity contribution is 0.238. The number of rotatable bonds is 1. The van der Waals surface area contributed by atoms with Crippen LogP contribution in [0, 0.1) is 0 Å². The summed E-state index contributed by atoms with van der Waals surface area (Å²) in [6.45, 7) is 0. The number of fused-ring (bicyclic) bond motifs is 1. The number of halogens is 1. The van der Waals surface area contributed by atoms with E-state index in [0.717, 1.165) is 11.5 Å². The van der Waals surface area contributed by atoms with Crippen molar-refractivity contribution in [3.8, 4) is 5.75 Å². The van der Waals surface area contributed by atoms with Gasteiger partial charge in [-0.25, -0.2) is 0 Å². The molecule has 0 aromatic heterocycles. The first-order valence-corrected chi connectivity index (χ1v) is 5.36. The van der Waals surface area contributed by atoms with E-state index in [9.17, 15) is 0 Å². The Bertz CT molecular complexity index is 277. The van der Waals surface area contributed by atoms with Gasteiger partial charge in [-0.3, -0.25) is 0 Å². The smallest absolute Gasteiger partial charge is 0.133 e. The number of para-hydroxylation sites is 1. The topological polar surface area (TPSA) is 9.23 Å². The summed E-state index contributed by atoms with van der Waals surface area (Å²) in [6, 6.07) is 8.07. The maximum atomic E-state index is 5.71. The summed E-state index contributed by atoms with van der Waals surface area (Å²) in [5.41, 5.74) is 0. The summed E-state index contributed by atoms with van der Waals surface area (Å²) in [5.74, 6) is 2.50. The maximum absolute atomic E-state index is 5.71. The molecule has 0 aliphatic carbocycles. The van der Waals surface area contributed by atoms with Crippen LogP contribution in [-0.4, -0.2) is 17.7 Å². The fourth-order valence-corrected chi connectivity index (χ4v) is 2.43. The first-order valence-electron chi connectivity index (χ1n) is 3.84. The van der Waals surface area contributed by atoms with Crippen molar-refractivity contribution in [2.45, 2.75) is 11.0 Å². The zero-order valence-corrected chi connectivity index (χ0v) is 8.07. The van der Waals surface area contributed by atoms with E-state index >= 15 is 0 Å². The summed E-state index contributed by atoms with van der Waals surface area (Å²) in [6.07, 6.45) is 0.173. The van der Waals surface area contributed by atoms with Crippen molar-refractivity contribution < 1.29 is 4.74 Å². The fourth-order valence-electron chi connectivity index (χ4n) is 1.14. The van der Waals surface area contributed by atoms with Crippen LogP contribution in [0.5, 0.6) is 5.75 Å². The van der Waals surface area contributed by atoms with Crippen LogP contribution in [0.3, 0.4) is 0 Å². The summed E-state index contributed by atoms with van der Waals surface area (Å²) in [7, 11) is 0. The van der Waals surface area contributed by atoms with Crippen molar-refractivity contribution in [1.29, 1.82) is 0 Å². The highest BCUT2D eigenvalue weighted by molar-refractivity contribution is 7.99. The Morgan fingerprint density at radius 3 is 3.17 bits per heavy atom. The standard InChI is InChI=1S/C9H9ClOS/c10-5-7-6-12-9-4-2-1-3-8(9)11-7/h1-4,7H,5-6H2. The molecule has 3 heteroatoms. The van der Waals surface area contributed by atoms with Crippen molar-refractivity contribution >= 4 is 23.4 Å². The molecule has 0 fully saturated rings. The molecule has 1 aliphatic heterocycles. The van der Waals surface area contributed by atoms with Crippen LogP contribution in [0.25, 0.3) is 0 Å². The van der Waals surface area contributed by atoms with Crippen LogP contribution in [-0.2, 0) is 0 Å². The highest BCUT2D eigenvalue weighted by atomic mass is 35.5. The minimum Gasteiger partial charge on any atom is -0.487 e. The number of benzene rings is 1. The number of hydrogen-bond donors (Lipinski definition) is 0. The van der Waals surface area contributed by atoms with Gasteiger partial charge in [-0.2, -0.15) is 0 Å². The van der Waals surface area contributed by atoms with Gasteiger partial charge in [-0.1, -0.05) is 12.1 Å². The van der Waals surface area contributed by atoms with E-state index in [1.54, 1.807) is 0 Å². The average molecular weight is 201 g/mol. The van der Waals surface area contributed by atoms with Crippen LogP contribution < -0.4 is 4.74 Å². The molecule has 0 saturated heterocycles. The van der Waals surface area contributed by atoms with Gasteiger partial charge >= 0.3 is 0 Å². The van der Waals surface area contributed by atoms with E-state index in [-0.39, 0.29) is 6.10 Å². The van der Waals surface area contributed by atoms with E-state index < -0.39 is 0 Å². The van der Waals surface area contributed by atoms with E-state index in [0.29, 0.717) is 5.88 Å². The number of thioether (sulfide) groups is 1. The van der Waals surface area contributed by atoms with Gasteiger partial charge in [0.25, 0.3) is 0 Å². The zero-order valence-electron chi connectivity index (χ0n) is 6.50. The quantitative estimate of drug-likeness (QED) is 0.645. The fraction of sp³-hybridized carbons (Fsp3) is 0.333. The predicted octanol–water partition coefficient (Wildman–Crippen LogP) is 2.78. The van der Waals surface area contributed by atoms with Gasteiger partial charge in [0.1, 0.15) is 11.9 Å². The second-order valence-corrected chi connectivity index (χ2v) is 4.02. The summed E-state index contributed by atoms with van der Waals surface area (Å²) in [5, 5.41) is 0. The minimum absolute atomic E-state index is 0.173. The van der Waals surface area contributed by atoms with Crippen molar-refractivity contribution in [1.82, 2.24) is 0 Å². The van der Waals surface area contributed by atoms with Gasteiger partial charge in [0.15, 0.2) is 0 Å². The lowest BCUT2D eigenvalue weighted by atomic mass is 10.3. The predicted molar refractivity (Wildman–Crippen MR) is 52.3 cm³/mol. The molecular weight excluding hydrogens is 192 g/mol. The van der Waals surface area contributed by atoms with Crippen molar-refractivity contribution in [3.63, 3.8) is 0 Å². The molecule has 1 atom stereocenters. The Morgan fingerprint density at radius 1 is 1.50 bits per heavy atom. The number of ether oxygens (including phenoxy) is 1. The highest BCUT2D eigenvalue weighted by Gasteiger charge is 2.18. The van der Waals surface area contributed by atoms with Gasteiger partial charge in [0.2, 0.25) is 0 Å². The molecule has 12 heavy (non-hydrogen) atoms. The van der Waals surface area contributed by atoms with E-state index in [2.05, 4.69) is 6.07 Å². The second-order valence-electron chi connectivity index (χ2n) is 2.65. The third kappa shape index (κ3) is 1.54. The van der Waals surface area contributed by atoms with Gasteiger partial charge in [0, 0.05) is 10.6 Å². The molecule has 0 saturated carbocycles. The largest absolute Gasteiger partial charge is 0.487 e. The molecule has 0 N–H and O–H groups in total. The van der Waals surface area contributed by atoms with Crippen LogP contribution in [0.15, 0.2) is 29.2 Å². The summed E-state index contributed by atoms with van der Waals surface area (Å²) >= 11 is 7.52. The van der Waals surface area contributed by atoms with Crippen LogP contribution >= 0.6 is 23.4 Å². The average Bonchev–Trinajstić information content (AvgIpc) is 2.17. The molecule has 0 spiro atoms. The molecule has 1 unspecified atom stereocenters. The van der Waals surface area contributed by atoms with E-state index in [1.807, 2.05) is 30.0 Å². The molecule has 0 amide bonds. The number of alkyl halides is 1. The lowest BCUT2D eigenvalue weighted by Crippen LogP contribution is -2.24. The maximum Gasteiger partial charge on any atom is 0.133 e. The Hall–Kier alpha value is -0.340. The van der Waals surface area contributed by atoms with Crippen LogP contribution in [0.2, 0.25) is 0 Å². The zero-order chi connectivity index (χ0) is 8.39. The summed E-state index contributed by atoms with van der Waals surface area (Å²) < 4.78 is 5.63. The number of hydrogen-bond acceptors (Lipinski definition) is 2. The Labute approximate surface area is 81.1 Å². The van der Waals surface area contributed by atoms with Gasteiger partial charge in [-0.05, 0) is 12.1 Å². The van der Waals surface area contributed by atoms with E-state index in [1.165, 1.54) is 4.90 Å². The third-order valence-corrected chi connectivity index (χ3v) is 3.27. The van der Waals surface area contributed by atoms with Crippen molar-refractivity contribution in [2.75, 3.05) is 11.6 Å². The molecule has 1 aliphatic rings. The van der Waals surface area contributed by atoms with Crippen molar-refractivity contribution in [3.05, 3.63) is 24.3 Å². The van der Waals surface area contributed by atoms with Gasteiger partial charge in [0.05, 0.1) is 5.88 Å². The first-order chi connectivity index (χ1) is 5.90. The molecule has 64 valence electrons. The molecular formula is C9H9ClOS. The molecule has 1 nitrogen and oxygen atoms in total. The molecule has 0 bridgehead atoms. The molecule has 2 rings (SSSR count). The molecule has 1 aromatic rings. The Morgan fingerprint density at radius 2 is 2.33 bits per heavy atom. The lowest BCUT2D eigenvalue weighted by Gasteiger charge is -2.23. The van der Waals surface area contributed by atoms with Crippen molar-refractivity contribution in [2.24, 2.45) is 0 Å². The third-order valence-electron chi connectivity index (χ3n) is 1.74. The normalized spacial score (nSPS) is 21.2. The minimum atomic E-state index is 0.173. The van der Waals surface area contributed by atoms with E-state index in [4.69, 9.17) is 16.3 Å². The van der Waals surface area contributed by atoms with Gasteiger partial charge in [-0.15, -0.1) is 23.4 Å². The van der Waals surface area contributed by atoms with Crippen LogP contribution in [0.4, 0.5) is 0 Å². The molecule has 1 aromatic carbocycles. The second kappa shape index (κ2) is 3.58. The van der Waals surface area contributed by atoms with Crippen LogP contribution in [0.1, 0.15) is 0 Å². The monoisotopic (exact) mass is 200 g/mol. The SMILES string of the molecule is ClCC1CSc2ccccc2O1. The highest BCUT2D eigenvalue weighted by Crippen LogP contribution is 2.34. The molecule has 0 radical (unpaired) electrons. The summed E-state index contributed by atoms with van der Waals surface area (Å²) in [4.78, 5) is 1.22. The Balaban J connectivity index is 2.23. The first kappa shape index (κ1) is 8.27. The Kier molecular flexibility index (Phi) is 2.47. The molecule has 1 heterocycles. The van der Waals surface area contributed by atoms with Gasteiger partial charge < -0.3 is 4.74 Å².